The summed E-state index contributed by atoms with van der Waals surface area (Å²) in [5.74, 6) is 0.731. The molecule has 2 aromatic heterocycles. The fourth-order valence-electron chi connectivity index (χ4n) is 4.91. The van der Waals surface area contributed by atoms with E-state index in [0.29, 0.717) is 0 Å². The fraction of sp³-hybridized carbons (Fsp3) is 0. The van der Waals surface area contributed by atoms with E-state index < -0.39 is 0 Å². The average molecular weight is 491 g/mol. The molecule has 37 heavy (non-hydrogen) atoms. The van der Waals surface area contributed by atoms with Crippen LogP contribution in [0.3, 0.4) is 0 Å². The van der Waals surface area contributed by atoms with Crippen LogP contribution in [-0.2, 0) is 0 Å². The summed E-state index contributed by atoms with van der Waals surface area (Å²) in [6.45, 7) is 0. The third kappa shape index (κ3) is 4.00. The van der Waals surface area contributed by atoms with E-state index in [1.54, 1.807) is 0 Å². The normalized spacial score (nSPS) is 11.2. The first-order chi connectivity index (χ1) is 18.3. The van der Waals surface area contributed by atoms with Gasteiger partial charge in [0.1, 0.15) is 0 Å². The summed E-state index contributed by atoms with van der Waals surface area (Å²) in [6, 6.07) is 46.6. The number of aromatic nitrogens is 2. The molecule has 0 aliphatic carbocycles. The highest BCUT2D eigenvalue weighted by Crippen LogP contribution is 2.43. The fourth-order valence-corrected chi connectivity index (χ4v) is 6.08. The van der Waals surface area contributed by atoms with Gasteiger partial charge >= 0.3 is 0 Å². The Hall–Kier alpha value is -4.60. The zero-order chi connectivity index (χ0) is 24.6. The molecule has 0 bridgehead atoms. The van der Waals surface area contributed by atoms with E-state index in [1.807, 2.05) is 35.6 Å². The molecule has 0 aliphatic heterocycles. The van der Waals surface area contributed by atoms with Gasteiger partial charge < -0.3 is 0 Å². The Morgan fingerprint density at radius 3 is 1.76 bits per heavy atom. The van der Waals surface area contributed by atoms with Crippen LogP contribution in [0.1, 0.15) is 0 Å². The van der Waals surface area contributed by atoms with Gasteiger partial charge in [-0.25, -0.2) is 9.97 Å². The first kappa shape index (κ1) is 21.7. The molecule has 0 amide bonds. The Morgan fingerprint density at radius 2 is 1.03 bits per heavy atom. The lowest BCUT2D eigenvalue weighted by atomic mass is 9.96. The number of hydrogen-bond donors (Lipinski definition) is 0. The molecule has 0 atom stereocenters. The van der Waals surface area contributed by atoms with Gasteiger partial charge in [-0.2, -0.15) is 0 Å². The Balaban J connectivity index is 1.56. The van der Waals surface area contributed by atoms with E-state index in [-0.39, 0.29) is 0 Å². The summed E-state index contributed by atoms with van der Waals surface area (Å²) in [6.07, 6.45) is 0. The molecule has 174 valence electrons. The Morgan fingerprint density at radius 1 is 0.432 bits per heavy atom. The highest BCUT2D eigenvalue weighted by Gasteiger charge is 2.17. The van der Waals surface area contributed by atoms with Gasteiger partial charge in [-0.15, -0.1) is 11.3 Å². The molecule has 0 unspecified atom stereocenters. The summed E-state index contributed by atoms with van der Waals surface area (Å²) < 4.78 is 2.54. The Labute approximate surface area is 219 Å². The van der Waals surface area contributed by atoms with Gasteiger partial charge in [0.25, 0.3) is 0 Å². The zero-order valence-corrected chi connectivity index (χ0v) is 20.8. The number of thiophene rings is 1. The minimum Gasteiger partial charge on any atom is -0.228 e. The molecule has 2 nitrogen and oxygen atoms in total. The molecule has 0 N–H and O–H groups in total. The average Bonchev–Trinajstić information content (AvgIpc) is 3.36. The van der Waals surface area contributed by atoms with Crippen LogP contribution in [-0.4, -0.2) is 9.97 Å². The number of hydrogen-bond acceptors (Lipinski definition) is 3. The van der Waals surface area contributed by atoms with E-state index in [4.69, 9.17) is 9.97 Å². The molecule has 0 spiro atoms. The van der Waals surface area contributed by atoms with Crippen LogP contribution in [0.5, 0.6) is 0 Å². The smallest absolute Gasteiger partial charge is 0.160 e. The minimum atomic E-state index is 0.731. The lowest BCUT2D eigenvalue weighted by Gasteiger charge is -2.12. The summed E-state index contributed by atoms with van der Waals surface area (Å²) in [5, 5.41) is 2.51. The predicted molar refractivity (Wildman–Crippen MR) is 157 cm³/mol. The van der Waals surface area contributed by atoms with Crippen molar-refractivity contribution in [2.75, 3.05) is 0 Å². The zero-order valence-electron chi connectivity index (χ0n) is 20.0. The monoisotopic (exact) mass is 490 g/mol. The van der Waals surface area contributed by atoms with Gasteiger partial charge in [0, 0.05) is 36.9 Å². The summed E-state index contributed by atoms with van der Waals surface area (Å²) in [5.41, 5.74) is 7.45. The van der Waals surface area contributed by atoms with E-state index in [0.717, 1.165) is 33.9 Å². The van der Waals surface area contributed by atoms with Gasteiger partial charge in [0.05, 0.1) is 11.4 Å². The van der Waals surface area contributed by atoms with Gasteiger partial charge in [0.15, 0.2) is 5.82 Å². The van der Waals surface area contributed by atoms with Crippen molar-refractivity contribution in [3.05, 3.63) is 133 Å². The molecule has 7 rings (SSSR count). The third-order valence-corrected chi connectivity index (χ3v) is 7.81. The lowest BCUT2D eigenvalue weighted by Crippen LogP contribution is -1.96. The molecule has 0 saturated carbocycles. The lowest BCUT2D eigenvalue weighted by molar-refractivity contribution is 1.19. The minimum absolute atomic E-state index is 0.731. The number of rotatable bonds is 4. The second kappa shape index (κ2) is 9.12. The van der Waals surface area contributed by atoms with Crippen molar-refractivity contribution in [2.24, 2.45) is 0 Å². The van der Waals surface area contributed by atoms with E-state index in [2.05, 4.69) is 109 Å². The van der Waals surface area contributed by atoms with E-state index >= 15 is 0 Å². The second-order valence-electron chi connectivity index (χ2n) is 9.06. The van der Waals surface area contributed by atoms with Crippen LogP contribution >= 0.6 is 11.3 Å². The first-order valence-electron chi connectivity index (χ1n) is 12.3. The Bertz CT molecular complexity index is 1800. The van der Waals surface area contributed by atoms with Gasteiger partial charge in [-0.3, -0.25) is 0 Å². The number of benzene rings is 5. The molecule has 0 radical (unpaired) electrons. The molecule has 0 fully saturated rings. The molecule has 3 heteroatoms. The molecular weight excluding hydrogens is 468 g/mol. The predicted octanol–water partition coefficient (Wildman–Crippen LogP) is 9.51. The number of nitrogens with zero attached hydrogens (tertiary/aromatic N) is 2. The van der Waals surface area contributed by atoms with Crippen LogP contribution in [0.4, 0.5) is 0 Å². The van der Waals surface area contributed by atoms with Crippen LogP contribution in [0.15, 0.2) is 133 Å². The summed E-state index contributed by atoms with van der Waals surface area (Å²) in [7, 11) is 0. The van der Waals surface area contributed by atoms with Crippen molar-refractivity contribution < 1.29 is 0 Å². The first-order valence-corrected chi connectivity index (χ1v) is 13.2. The maximum absolute atomic E-state index is 5.16. The van der Waals surface area contributed by atoms with Gasteiger partial charge in [-0.05, 0) is 35.4 Å². The summed E-state index contributed by atoms with van der Waals surface area (Å²) >= 11 is 1.84. The van der Waals surface area contributed by atoms with Crippen molar-refractivity contribution in [3.63, 3.8) is 0 Å². The molecule has 2 heterocycles. The summed E-state index contributed by atoms with van der Waals surface area (Å²) in [4.78, 5) is 10.2. The van der Waals surface area contributed by atoms with Crippen molar-refractivity contribution in [1.82, 2.24) is 9.97 Å². The molecule has 5 aromatic carbocycles. The third-order valence-electron chi connectivity index (χ3n) is 6.69. The van der Waals surface area contributed by atoms with E-state index in [9.17, 15) is 0 Å². The van der Waals surface area contributed by atoms with Crippen LogP contribution < -0.4 is 0 Å². The Kier molecular flexibility index (Phi) is 5.34. The van der Waals surface area contributed by atoms with Gasteiger partial charge in [-0.1, -0.05) is 109 Å². The highest BCUT2D eigenvalue weighted by atomic mass is 32.1. The second-order valence-corrected chi connectivity index (χ2v) is 10.1. The standard InChI is InChI=1S/C34H22N2S/c1-4-12-23(13-5-1)26-20-28(33-27-18-10-11-19-31(27)37-32(33)21-26)30-22-29(24-14-6-2-7-15-24)35-34(36-30)25-16-8-3-9-17-25/h1-22H. The van der Waals surface area contributed by atoms with Crippen LogP contribution in [0.2, 0.25) is 0 Å². The van der Waals surface area contributed by atoms with Crippen LogP contribution in [0.25, 0.3) is 65.2 Å². The highest BCUT2D eigenvalue weighted by molar-refractivity contribution is 7.26. The number of fused-ring (bicyclic) bond motifs is 3. The largest absolute Gasteiger partial charge is 0.228 e. The topological polar surface area (TPSA) is 25.8 Å². The maximum atomic E-state index is 5.16. The van der Waals surface area contributed by atoms with Gasteiger partial charge in [0.2, 0.25) is 0 Å². The van der Waals surface area contributed by atoms with Crippen molar-refractivity contribution >= 4 is 31.5 Å². The maximum Gasteiger partial charge on any atom is 0.160 e. The van der Waals surface area contributed by atoms with Crippen molar-refractivity contribution in [2.45, 2.75) is 0 Å². The quantitative estimate of drug-likeness (QED) is 0.245. The molecule has 7 aromatic rings. The van der Waals surface area contributed by atoms with Crippen LogP contribution in [0, 0.1) is 0 Å². The van der Waals surface area contributed by atoms with E-state index in [1.165, 1.54) is 31.3 Å². The van der Waals surface area contributed by atoms with Crippen molar-refractivity contribution in [3.8, 4) is 45.0 Å². The molecule has 0 saturated heterocycles. The SMILES string of the molecule is c1ccc(-c2cc(-c3cc(-c4ccccc4)nc(-c4ccccc4)n3)c3c(c2)sc2ccccc23)cc1. The molecular formula is C34H22N2S. The van der Waals surface area contributed by atoms with Crippen molar-refractivity contribution in [1.29, 1.82) is 0 Å². The molecule has 0 aliphatic rings.